The van der Waals surface area contributed by atoms with Crippen LogP contribution in [-0.4, -0.2) is 23.3 Å². The van der Waals surface area contributed by atoms with Crippen LogP contribution >= 0.6 is 0 Å². The molecule has 0 aliphatic rings. The normalized spacial score (nSPS) is 10.8. The lowest BCUT2D eigenvalue weighted by molar-refractivity contribution is 0.126. The van der Waals surface area contributed by atoms with Gasteiger partial charge in [-0.3, -0.25) is 0 Å². The van der Waals surface area contributed by atoms with E-state index in [1.54, 1.807) is 0 Å². The van der Waals surface area contributed by atoms with Crippen molar-refractivity contribution in [3.05, 3.63) is 35.7 Å². The van der Waals surface area contributed by atoms with Crippen molar-refractivity contribution in [3.8, 4) is 11.5 Å². The van der Waals surface area contributed by atoms with Gasteiger partial charge in [0.25, 0.3) is 5.89 Å². The Balaban J connectivity index is 2.15. The van der Waals surface area contributed by atoms with Crippen LogP contribution in [0.5, 0.6) is 0 Å². The number of aromatic nitrogens is 2. The average Bonchev–Trinajstić information content (AvgIpc) is 2.86. The van der Waals surface area contributed by atoms with Crippen LogP contribution in [0.4, 0.5) is 0 Å². The fraction of sp³-hybridized carbons (Fsp3) is 0.385. The fourth-order valence-electron chi connectivity index (χ4n) is 1.65. The smallest absolute Gasteiger partial charge is 0.258 e. The van der Waals surface area contributed by atoms with E-state index in [2.05, 4.69) is 10.1 Å². The van der Waals surface area contributed by atoms with Crippen molar-refractivity contribution in [2.45, 2.75) is 20.0 Å². The van der Waals surface area contributed by atoms with Gasteiger partial charge in [0.2, 0.25) is 0 Å². The van der Waals surface area contributed by atoms with E-state index in [9.17, 15) is 0 Å². The van der Waals surface area contributed by atoms with E-state index < -0.39 is 0 Å². The van der Waals surface area contributed by atoms with E-state index in [-0.39, 0.29) is 0 Å². The van der Waals surface area contributed by atoms with Crippen LogP contribution in [0.15, 0.2) is 28.8 Å². The van der Waals surface area contributed by atoms with Crippen molar-refractivity contribution < 1.29 is 9.26 Å². The highest BCUT2D eigenvalue weighted by Gasteiger charge is 2.09. The number of benzene rings is 1. The van der Waals surface area contributed by atoms with Crippen molar-refractivity contribution in [2.75, 3.05) is 13.2 Å². The van der Waals surface area contributed by atoms with Crippen molar-refractivity contribution in [1.82, 2.24) is 10.1 Å². The maximum atomic E-state index is 5.54. The molecule has 1 aromatic heterocycles. The molecule has 2 rings (SSSR count). The number of nitrogens with zero attached hydrogens (tertiary/aromatic N) is 2. The van der Waals surface area contributed by atoms with Gasteiger partial charge in [-0.15, -0.1) is 0 Å². The summed E-state index contributed by atoms with van der Waals surface area (Å²) in [5.41, 5.74) is 7.62. The Labute approximate surface area is 106 Å². The highest BCUT2D eigenvalue weighted by molar-refractivity contribution is 5.54. The molecule has 0 unspecified atom stereocenters. The van der Waals surface area contributed by atoms with Gasteiger partial charge in [-0.2, -0.15) is 4.98 Å². The topological polar surface area (TPSA) is 74.2 Å². The molecule has 18 heavy (non-hydrogen) atoms. The van der Waals surface area contributed by atoms with Gasteiger partial charge in [-0.05, 0) is 37.6 Å². The fourth-order valence-corrected chi connectivity index (χ4v) is 1.65. The van der Waals surface area contributed by atoms with Crippen molar-refractivity contribution >= 4 is 0 Å². The second-order valence-electron chi connectivity index (χ2n) is 3.89. The van der Waals surface area contributed by atoms with E-state index in [0.29, 0.717) is 31.5 Å². The minimum Gasteiger partial charge on any atom is -0.374 e. The van der Waals surface area contributed by atoms with Crippen LogP contribution in [0, 0.1) is 0 Å². The molecule has 1 aromatic carbocycles. The van der Waals surface area contributed by atoms with E-state index in [1.807, 2.05) is 31.2 Å². The highest BCUT2D eigenvalue weighted by Crippen LogP contribution is 2.18. The molecule has 0 radical (unpaired) electrons. The summed E-state index contributed by atoms with van der Waals surface area (Å²) >= 11 is 0. The quantitative estimate of drug-likeness (QED) is 0.842. The van der Waals surface area contributed by atoms with Crippen molar-refractivity contribution in [1.29, 1.82) is 0 Å². The van der Waals surface area contributed by atoms with Crippen LogP contribution in [0.2, 0.25) is 0 Å². The van der Waals surface area contributed by atoms with Crippen LogP contribution in [0.3, 0.4) is 0 Å². The zero-order chi connectivity index (χ0) is 12.8. The molecule has 0 spiro atoms. The minimum atomic E-state index is 0.377. The summed E-state index contributed by atoms with van der Waals surface area (Å²) in [6, 6.07) is 7.96. The summed E-state index contributed by atoms with van der Waals surface area (Å²) in [6.07, 6.45) is 0.841. The van der Waals surface area contributed by atoms with Gasteiger partial charge in [-0.1, -0.05) is 17.3 Å². The van der Waals surface area contributed by atoms with Gasteiger partial charge in [0, 0.05) is 12.2 Å². The average molecular weight is 247 g/mol. The molecule has 2 N–H and O–H groups in total. The van der Waals surface area contributed by atoms with E-state index in [1.165, 1.54) is 5.56 Å². The van der Waals surface area contributed by atoms with Gasteiger partial charge in [0.1, 0.15) is 6.61 Å². The number of ether oxygens (including phenoxy) is 1. The third kappa shape index (κ3) is 3.15. The summed E-state index contributed by atoms with van der Waals surface area (Å²) in [6.45, 7) is 3.57. The molecule has 0 aliphatic carbocycles. The predicted molar refractivity (Wildman–Crippen MR) is 67.8 cm³/mol. The van der Waals surface area contributed by atoms with Gasteiger partial charge in [0.05, 0.1) is 0 Å². The molecule has 2 aromatic rings. The number of nitrogens with two attached hydrogens (primary N) is 1. The molecule has 0 saturated carbocycles. The Kier molecular flexibility index (Phi) is 4.44. The number of hydrogen-bond donors (Lipinski definition) is 1. The molecule has 5 nitrogen and oxygen atoms in total. The SMILES string of the molecule is CCOCc1noc(-c2cccc(CCN)c2)n1. The van der Waals surface area contributed by atoms with Gasteiger partial charge >= 0.3 is 0 Å². The van der Waals surface area contributed by atoms with Gasteiger partial charge in [-0.25, -0.2) is 0 Å². The lowest BCUT2D eigenvalue weighted by atomic mass is 10.1. The lowest BCUT2D eigenvalue weighted by Crippen LogP contribution is -2.02. The zero-order valence-electron chi connectivity index (χ0n) is 10.4. The molecule has 0 atom stereocenters. The van der Waals surface area contributed by atoms with Gasteiger partial charge < -0.3 is 15.0 Å². The maximum Gasteiger partial charge on any atom is 0.258 e. The number of rotatable bonds is 6. The molecular weight excluding hydrogens is 230 g/mol. The summed E-state index contributed by atoms with van der Waals surface area (Å²) in [5.74, 6) is 1.08. The Hall–Kier alpha value is -1.72. The molecule has 0 aliphatic heterocycles. The second-order valence-corrected chi connectivity index (χ2v) is 3.89. The van der Waals surface area contributed by atoms with Gasteiger partial charge in [0.15, 0.2) is 5.82 Å². The Morgan fingerprint density at radius 1 is 1.39 bits per heavy atom. The largest absolute Gasteiger partial charge is 0.374 e. The molecule has 0 saturated heterocycles. The molecule has 0 bridgehead atoms. The van der Waals surface area contributed by atoms with Crippen LogP contribution in [0.1, 0.15) is 18.3 Å². The first-order valence-corrected chi connectivity index (χ1v) is 6.03. The van der Waals surface area contributed by atoms with Crippen LogP contribution in [0.25, 0.3) is 11.5 Å². The minimum absolute atomic E-state index is 0.377. The van der Waals surface area contributed by atoms with E-state index >= 15 is 0 Å². The second kappa shape index (κ2) is 6.28. The predicted octanol–water partition coefficient (Wildman–Crippen LogP) is 1.77. The third-order valence-corrected chi connectivity index (χ3v) is 2.51. The Morgan fingerprint density at radius 2 is 2.28 bits per heavy atom. The first-order chi connectivity index (χ1) is 8.83. The third-order valence-electron chi connectivity index (χ3n) is 2.51. The van der Waals surface area contributed by atoms with Crippen molar-refractivity contribution in [2.24, 2.45) is 5.73 Å². The highest BCUT2D eigenvalue weighted by atomic mass is 16.5. The molecular formula is C13H17N3O2. The van der Waals surface area contributed by atoms with Crippen molar-refractivity contribution in [3.63, 3.8) is 0 Å². The van der Waals surface area contributed by atoms with Crippen LogP contribution in [-0.2, 0) is 17.8 Å². The van der Waals surface area contributed by atoms with E-state index in [0.717, 1.165) is 12.0 Å². The summed E-state index contributed by atoms with van der Waals surface area (Å²) in [5, 5.41) is 3.87. The maximum absolute atomic E-state index is 5.54. The monoisotopic (exact) mass is 247 g/mol. The lowest BCUT2D eigenvalue weighted by Gasteiger charge is -2.00. The first kappa shape index (κ1) is 12.7. The Morgan fingerprint density at radius 3 is 3.06 bits per heavy atom. The Bertz CT molecular complexity index is 496. The van der Waals surface area contributed by atoms with E-state index in [4.69, 9.17) is 15.0 Å². The molecule has 5 heteroatoms. The summed E-state index contributed by atoms with van der Waals surface area (Å²) in [7, 11) is 0. The first-order valence-electron chi connectivity index (χ1n) is 6.03. The molecule has 0 fully saturated rings. The molecule has 1 heterocycles. The summed E-state index contributed by atoms with van der Waals surface area (Å²) in [4.78, 5) is 4.29. The zero-order valence-corrected chi connectivity index (χ0v) is 10.4. The standard InChI is InChI=1S/C13H17N3O2/c1-2-17-9-12-15-13(18-16-12)11-5-3-4-10(8-11)6-7-14/h3-5,8H,2,6-7,9,14H2,1H3. The number of hydrogen-bond acceptors (Lipinski definition) is 5. The van der Waals surface area contributed by atoms with Crippen LogP contribution < -0.4 is 5.73 Å². The summed E-state index contributed by atoms with van der Waals surface area (Å²) < 4.78 is 10.4. The molecule has 96 valence electrons. The molecule has 0 amide bonds.